The molecule has 1 atom stereocenters. The Labute approximate surface area is 132 Å². The van der Waals surface area contributed by atoms with Crippen molar-refractivity contribution in [2.24, 2.45) is 0 Å². The van der Waals surface area contributed by atoms with Crippen molar-refractivity contribution in [3.8, 4) is 0 Å². The highest BCUT2D eigenvalue weighted by Gasteiger charge is 2.21. The van der Waals surface area contributed by atoms with E-state index in [1.54, 1.807) is 6.07 Å². The van der Waals surface area contributed by atoms with E-state index in [4.69, 9.17) is 0 Å². The lowest BCUT2D eigenvalue weighted by Gasteiger charge is -2.16. The van der Waals surface area contributed by atoms with Crippen molar-refractivity contribution >= 4 is 21.4 Å². The number of aryl methyl sites for hydroxylation is 1. The Bertz CT molecular complexity index is 538. The van der Waals surface area contributed by atoms with E-state index in [0.29, 0.717) is 11.4 Å². The molecule has 0 bridgehead atoms. The molecule has 7 heteroatoms. The zero-order valence-corrected chi connectivity index (χ0v) is 15.2. The molecule has 0 saturated heterocycles. The zero-order valence-electron chi connectivity index (χ0n) is 13.6. The van der Waals surface area contributed by atoms with Crippen LogP contribution in [0.5, 0.6) is 0 Å². The van der Waals surface area contributed by atoms with Gasteiger partial charge in [0.25, 0.3) is 0 Å². The smallest absolute Gasteiger partial charge is 0.241 e. The fourth-order valence-electron chi connectivity index (χ4n) is 1.97. The molecule has 5 nitrogen and oxygen atoms in total. The largest absolute Gasteiger partial charge is 0.312 e. The van der Waals surface area contributed by atoms with E-state index in [2.05, 4.69) is 14.9 Å². The lowest BCUT2D eigenvalue weighted by molar-refractivity contribution is 0.379. The Kier molecular flexibility index (Phi) is 7.29. The zero-order chi connectivity index (χ0) is 16.0. The van der Waals surface area contributed by atoms with Gasteiger partial charge in [-0.2, -0.15) is 0 Å². The second-order valence-corrected chi connectivity index (χ2v) is 8.55. The molecule has 1 heterocycles. The van der Waals surface area contributed by atoms with Crippen LogP contribution in [-0.4, -0.2) is 46.5 Å². The van der Waals surface area contributed by atoms with E-state index in [1.165, 1.54) is 11.3 Å². The minimum absolute atomic E-state index is 0.0751. The molecular weight excluding hydrogens is 306 g/mol. The predicted octanol–water partition coefficient (Wildman–Crippen LogP) is 1.78. The molecule has 2 N–H and O–H groups in total. The van der Waals surface area contributed by atoms with Crippen molar-refractivity contribution in [3.05, 3.63) is 15.8 Å². The first-order valence-electron chi connectivity index (χ1n) is 7.23. The summed E-state index contributed by atoms with van der Waals surface area (Å²) in [5.74, 6) is 0. The van der Waals surface area contributed by atoms with Gasteiger partial charge >= 0.3 is 0 Å². The van der Waals surface area contributed by atoms with Crippen molar-refractivity contribution < 1.29 is 8.42 Å². The fourth-order valence-corrected chi connectivity index (χ4v) is 4.85. The van der Waals surface area contributed by atoms with Crippen LogP contribution in [0.1, 0.15) is 30.0 Å². The molecule has 21 heavy (non-hydrogen) atoms. The van der Waals surface area contributed by atoms with Crippen LogP contribution in [-0.2, 0) is 16.6 Å². The van der Waals surface area contributed by atoms with Crippen molar-refractivity contribution in [1.29, 1.82) is 0 Å². The molecule has 0 aliphatic heterocycles. The molecule has 0 fully saturated rings. The fraction of sp³-hybridized carbons (Fsp3) is 0.714. The third-order valence-corrected chi connectivity index (χ3v) is 6.02. The van der Waals surface area contributed by atoms with Crippen molar-refractivity contribution in [2.75, 3.05) is 27.2 Å². The van der Waals surface area contributed by atoms with E-state index >= 15 is 0 Å². The molecule has 0 aliphatic carbocycles. The number of rotatable bonds is 9. The Hall–Kier alpha value is -0.470. The summed E-state index contributed by atoms with van der Waals surface area (Å²) in [5, 5.41) is 3.22. The number of hydrogen-bond acceptors (Lipinski definition) is 5. The standard InChI is InChI=1S/C14H27N3O2S2/c1-6-15-10-13-9-14(12(3)20-13)21(18,19)16-11(2)7-8-17(4)5/h9,11,15-16H,6-8,10H2,1-5H3. The van der Waals surface area contributed by atoms with Gasteiger partial charge in [0.1, 0.15) is 0 Å². The molecule has 1 rings (SSSR count). The average Bonchev–Trinajstić information content (AvgIpc) is 2.75. The summed E-state index contributed by atoms with van der Waals surface area (Å²) < 4.78 is 27.7. The topological polar surface area (TPSA) is 61.4 Å². The molecule has 1 aromatic rings. The van der Waals surface area contributed by atoms with Gasteiger partial charge in [-0.25, -0.2) is 13.1 Å². The van der Waals surface area contributed by atoms with E-state index in [1.807, 2.05) is 34.9 Å². The maximum Gasteiger partial charge on any atom is 0.241 e. The Morgan fingerprint density at radius 1 is 1.38 bits per heavy atom. The first-order valence-corrected chi connectivity index (χ1v) is 9.53. The van der Waals surface area contributed by atoms with Crippen molar-refractivity contribution in [1.82, 2.24) is 14.9 Å². The SMILES string of the molecule is CCNCc1cc(S(=O)(=O)NC(C)CCN(C)C)c(C)s1. The van der Waals surface area contributed by atoms with Crippen LogP contribution in [0.2, 0.25) is 0 Å². The third-order valence-electron chi connectivity index (χ3n) is 3.13. The minimum Gasteiger partial charge on any atom is -0.312 e. The summed E-state index contributed by atoms with van der Waals surface area (Å²) in [5.41, 5.74) is 0. The molecule has 0 radical (unpaired) electrons. The summed E-state index contributed by atoms with van der Waals surface area (Å²) in [4.78, 5) is 4.36. The van der Waals surface area contributed by atoms with E-state index < -0.39 is 10.0 Å². The second kappa shape index (κ2) is 8.24. The van der Waals surface area contributed by atoms with Gasteiger partial charge in [-0.1, -0.05) is 6.92 Å². The van der Waals surface area contributed by atoms with Crippen molar-refractivity contribution in [2.45, 2.75) is 44.7 Å². The van der Waals surface area contributed by atoms with Gasteiger partial charge in [0.05, 0.1) is 4.90 Å². The molecule has 122 valence electrons. The van der Waals surface area contributed by atoms with E-state index in [0.717, 1.165) is 29.3 Å². The van der Waals surface area contributed by atoms with E-state index in [-0.39, 0.29) is 6.04 Å². The minimum atomic E-state index is -3.43. The number of nitrogens with one attached hydrogen (secondary N) is 2. The third kappa shape index (κ3) is 6.04. The van der Waals surface area contributed by atoms with Gasteiger partial charge in [-0.05, 0) is 53.5 Å². The van der Waals surface area contributed by atoms with Crippen LogP contribution < -0.4 is 10.0 Å². The van der Waals surface area contributed by atoms with Crippen LogP contribution in [0.15, 0.2) is 11.0 Å². The van der Waals surface area contributed by atoms with Gasteiger partial charge in [0, 0.05) is 22.3 Å². The molecular formula is C14H27N3O2S2. The summed E-state index contributed by atoms with van der Waals surface area (Å²) >= 11 is 1.54. The summed E-state index contributed by atoms with van der Waals surface area (Å²) in [6.07, 6.45) is 0.791. The molecule has 0 spiro atoms. The second-order valence-electron chi connectivity index (χ2n) is 5.53. The van der Waals surface area contributed by atoms with Gasteiger partial charge in [-0.3, -0.25) is 0 Å². The van der Waals surface area contributed by atoms with Crippen LogP contribution in [0.25, 0.3) is 0 Å². The van der Waals surface area contributed by atoms with Gasteiger partial charge in [-0.15, -0.1) is 11.3 Å². The molecule has 0 aromatic carbocycles. The van der Waals surface area contributed by atoms with Crippen LogP contribution in [0.4, 0.5) is 0 Å². The normalized spacial score (nSPS) is 13.8. The van der Waals surface area contributed by atoms with Gasteiger partial charge in [0.2, 0.25) is 10.0 Å². The lowest BCUT2D eigenvalue weighted by Crippen LogP contribution is -2.34. The summed E-state index contributed by atoms with van der Waals surface area (Å²) in [6, 6.07) is 1.71. The summed E-state index contributed by atoms with van der Waals surface area (Å²) in [7, 11) is 0.539. The number of nitrogens with zero attached hydrogens (tertiary/aromatic N) is 1. The number of hydrogen-bond donors (Lipinski definition) is 2. The highest BCUT2D eigenvalue weighted by molar-refractivity contribution is 7.89. The highest BCUT2D eigenvalue weighted by Crippen LogP contribution is 2.25. The number of sulfonamides is 1. The van der Waals surface area contributed by atoms with Gasteiger partial charge in [0.15, 0.2) is 0 Å². The quantitative estimate of drug-likeness (QED) is 0.723. The monoisotopic (exact) mass is 333 g/mol. The van der Waals surface area contributed by atoms with Crippen LogP contribution in [0, 0.1) is 6.92 Å². The van der Waals surface area contributed by atoms with Crippen LogP contribution >= 0.6 is 11.3 Å². The summed E-state index contributed by atoms with van der Waals surface area (Å²) in [6.45, 7) is 8.25. The molecule has 0 saturated carbocycles. The molecule has 1 unspecified atom stereocenters. The Balaban J connectivity index is 2.75. The first kappa shape index (κ1) is 18.6. The Morgan fingerprint density at radius 2 is 2.05 bits per heavy atom. The predicted molar refractivity (Wildman–Crippen MR) is 89.4 cm³/mol. The Morgan fingerprint density at radius 3 is 2.62 bits per heavy atom. The van der Waals surface area contributed by atoms with Crippen molar-refractivity contribution in [3.63, 3.8) is 0 Å². The maximum atomic E-state index is 12.5. The molecule has 1 aromatic heterocycles. The highest BCUT2D eigenvalue weighted by atomic mass is 32.2. The molecule has 0 amide bonds. The maximum absolute atomic E-state index is 12.5. The van der Waals surface area contributed by atoms with Gasteiger partial charge < -0.3 is 10.2 Å². The average molecular weight is 334 g/mol. The molecule has 0 aliphatic rings. The van der Waals surface area contributed by atoms with Crippen LogP contribution in [0.3, 0.4) is 0 Å². The lowest BCUT2D eigenvalue weighted by atomic mass is 10.2. The number of thiophene rings is 1. The first-order chi connectivity index (χ1) is 9.76. The van der Waals surface area contributed by atoms with E-state index in [9.17, 15) is 8.42 Å².